The van der Waals surface area contributed by atoms with E-state index < -0.39 is 0 Å². The second kappa shape index (κ2) is 12.0. The van der Waals surface area contributed by atoms with Gasteiger partial charge in [0.1, 0.15) is 0 Å². The van der Waals surface area contributed by atoms with Crippen molar-refractivity contribution in [2.45, 2.75) is 51.0 Å². The number of rotatable bonds is 4. The van der Waals surface area contributed by atoms with E-state index in [1.165, 1.54) is 19.3 Å². The Morgan fingerprint density at radius 1 is 0.885 bits per heavy atom. The molecule has 3 fully saturated rings. The van der Waals surface area contributed by atoms with E-state index in [0.717, 1.165) is 65.0 Å². The number of hydrogen-bond donors (Lipinski definition) is 2. The van der Waals surface area contributed by atoms with Crippen LogP contribution in [0.25, 0.3) is 0 Å². The van der Waals surface area contributed by atoms with Crippen molar-refractivity contribution >= 4 is 36.6 Å². The van der Waals surface area contributed by atoms with Crippen molar-refractivity contribution in [1.29, 1.82) is 0 Å². The minimum absolute atomic E-state index is 0. The fraction of sp³-hybridized carbons (Fsp3) is 0.889. The molecule has 0 spiro atoms. The minimum Gasteiger partial charge on any atom is -0.352 e. The molecule has 2 N–H and O–H groups in total. The van der Waals surface area contributed by atoms with Crippen molar-refractivity contribution in [2.75, 3.05) is 45.8 Å². The van der Waals surface area contributed by atoms with Gasteiger partial charge in [0.05, 0.1) is 6.54 Å². The molecule has 0 unspecified atom stereocenters. The van der Waals surface area contributed by atoms with Crippen molar-refractivity contribution in [2.24, 2.45) is 5.92 Å². The number of carbonyl (C=O) groups excluding carboxylic acids is 2. The summed E-state index contributed by atoms with van der Waals surface area (Å²) in [4.78, 5) is 29.0. The Kier molecular flexibility index (Phi) is 10.8. The molecular formula is C18H34Cl2N4O2. The molecular weight excluding hydrogens is 375 g/mol. The Labute approximate surface area is 169 Å². The Morgan fingerprint density at radius 2 is 1.50 bits per heavy atom. The number of hydrogen-bond acceptors (Lipinski definition) is 4. The minimum atomic E-state index is 0. The highest BCUT2D eigenvalue weighted by Gasteiger charge is 2.29. The molecule has 6 nitrogen and oxygen atoms in total. The van der Waals surface area contributed by atoms with Gasteiger partial charge in [0.2, 0.25) is 11.8 Å². The number of piperidine rings is 1. The fourth-order valence-corrected chi connectivity index (χ4v) is 4.20. The van der Waals surface area contributed by atoms with E-state index in [1.807, 2.05) is 4.90 Å². The van der Waals surface area contributed by atoms with Crippen LogP contribution in [0.1, 0.15) is 44.9 Å². The highest BCUT2D eigenvalue weighted by Crippen LogP contribution is 2.26. The van der Waals surface area contributed by atoms with Crippen molar-refractivity contribution in [3.8, 4) is 0 Å². The molecule has 0 radical (unpaired) electrons. The lowest BCUT2D eigenvalue weighted by Gasteiger charge is -2.36. The van der Waals surface area contributed by atoms with E-state index in [4.69, 9.17) is 0 Å². The molecule has 26 heavy (non-hydrogen) atoms. The molecule has 1 saturated carbocycles. The van der Waals surface area contributed by atoms with Crippen molar-refractivity contribution < 1.29 is 9.59 Å². The third-order valence-corrected chi connectivity index (χ3v) is 5.70. The predicted octanol–water partition coefficient (Wildman–Crippen LogP) is 1.42. The second-order valence-corrected chi connectivity index (χ2v) is 7.53. The lowest BCUT2D eigenvalue weighted by atomic mass is 9.87. The molecule has 0 aromatic carbocycles. The standard InChI is InChI=1S/C18H32N4O2.2ClH/c23-17(14-21-12-8-19-9-13-21)20-16-6-10-22(11-7-16)18(24)15-4-2-1-3-5-15;;/h15-16,19H,1-14H2,(H,20,23);2*1H. The molecule has 0 bridgehead atoms. The largest absolute Gasteiger partial charge is 0.352 e. The molecule has 1 aliphatic carbocycles. The average molecular weight is 409 g/mol. The summed E-state index contributed by atoms with van der Waals surface area (Å²) in [5.41, 5.74) is 0. The van der Waals surface area contributed by atoms with Crippen LogP contribution in [0.2, 0.25) is 0 Å². The van der Waals surface area contributed by atoms with Gasteiger partial charge in [-0.2, -0.15) is 0 Å². The normalized spacial score (nSPS) is 22.8. The second-order valence-electron chi connectivity index (χ2n) is 7.53. The Balaban J connectivity index is 0.00000169. The van der Waals surface area contributed by atoms with Gasteiger partial charge in [0, 0.05) is 51.2 Å². The molecule has 0 aromatic heterocycles. The summed E-state index contributed by atoms with van der Waals surface area (Å²) in [6, 6.07) is 0.232. The fourth-order valence-electron chi connectivity index (χ4n) is 4.20. The molecule has 2 aliphatic heterocycles. The summed E-state index contributed by atoms with van der Waals surface area (Å²) < 4.78 is 0. The maximum absolute atomic E-state index is 12.6. The molecule has 2 heterocycles. The Hall–Kier alpha value is -0.560. The Morgan fingerprint density at radius 3 is 2.12 bits per heavy atom. The molecule has 0 atom stereocenters. The molecule has 3 aliphatic rings. The highest BCUT2D eigenvalue weighted by molar-refractivity contribution is 5.85. The molecule has 2 amide bonds. The smallest absolute Gasteiger partial charge is 0.234 e. The molecule has 152 valence electrons. The van der Waals surface area contributed by atoms with Crippen LogP contribution in [0.3, 0.4) is 0 Å². The molecule has 2 saturated heterocycles. The van der Waals surface area contributed by atoms with Crippen LogP contribution in [0, 0.1) is 5.92 Å². The first-order valence-corrected chi connectivity index (χ1v) is 9.73. The van der Waals surface area contributed by atoms with Crippen LogP contribution < -0.4 is 10.6 Å². The van der Waals surface area contributed by atoms with Crippen LogP contribution in [0.4, 0.5) is 0 Å². The summed E-state index contributed by atoms with van der Waals surface area (Å²) in [5.74, 6) is 0.756. The van der Waals surface area contributed by atoms with E-state index in [9.17, 15) is 9.59 Å². The average Bonchev–Trinajstić information content (AvgIpc) is 2.63. The third kappa shape index (κ3) is 6.87. The first-order chi connectivity index (χ1) is 11.7. The third-order valence-electron chi connectivity index (χ3n) is 5.70. The van der Waals surface area contributed by atoms with Gasteiger partial charge in [-0.25, -0.2) is 0 Å². The van der Waals surface area contributed by atoms with Crippen molar-refractivity contribution in [3.63, 3.8) is 0 Å². The molecule has 8 heteroatoms. The SMILES string of the molecule is Cl.Cl.O=C(CN1CCNCC1)NC1CCN(C(=O)C2CCCCC2)CC1. The lowest BCUT2D eigenvalue weighted by molar-refractivity contribution is -0.137. The number of nitrogens with one attached hydrogen (secondary N) is 2. The van der Waals surface area contributed by atoms with Gasteiger partial charge in [0.15, 0.2) is 0 Å². The summed E-state index contributed by atoms with van der Waals surface area (Å²) in [6.07, 6.45) is 7.62. The van der Waals surface area contributed by atoms with Gasteiger partial charge in [-0.15, -0.1) is 24.8 Å². The van der Waals surface area contributed by atoms with E-state index in [1.54, 1.807) is 0 Å². The number of halogens is 2. The first-order valence-electron chi connectivity index (χ1n) is 9.73. The summed E-state index contributed by atoms with van der Waals surface area (Å²) >= 11 is 0. The van der Waals surface area contributed by atoms with Gasteiger partial charge in [-0.3, -0.25) is 14.5 Å². The maximum Gasteiger partial charge on any atom is 0.234 e. The quantitative estimate of drug-likeness (QED) is 0.737. The highest BCUT2D eigenvalue weighted by atomic mass is 35.5. The topological polar surface area (TPSA) is 64.7 Å². The lowest BCUT2D eigenvalue weighted by Crippen LogP contribution is -2.51. The first kappa shape index (κ1) is 23.5. The van der Waals surface area contributed by atoms with Crippen LogP contribution >= 0.6 is 24.8 Å². The van der Waals surface area contributed by atoms with Gasteiger partial charge < -0.3 is 15.5 Å². The monoisotopic (exact) mass is 408 g/mol. The Bertz CT molecular complexity index is 433. The zero-order chi connectivity index (χ0) is 16.8. The zero-order valence-corrected chi connectivity index (χ0v) is 17.2. The summed E-state index contributed by atoms with van der Waals surface area (Å²) in [6.45, 7) is 5.93. The van der Waals surface area contributed by atoms with Crippen LogP contribution in [-0.2, 0) is 9.59 Å². The van der Waals surface area contributed by atoms with Gasteiger partial charge >= 0.3 is 0 Å². The van der Waals surface area contributed by atoms with Gasteiger partial charge in [-0.05, 0) is 25.7 Å². The molecule has 3 rings (SSSR count). The number of amides is 2. The van der Waals surface area contributed by atoms with E-state index in [2.05, 4.69) is 15.5 Å². The number of piperazine rings is 1. The van der Waals surface area contributed by atoms with E-state index in [-0.39, 0.29) is 42.7 Å². The van der Waals surface area contributed by atoms with Crippen LogP contribution in [-0.4, -0.2) is 73.5 Å². The number of likely N-dealkylation sites (tertiary alicyclic amines) is 1. The molecule has 0 aromatic rings. The maximum atomic E-state index is 12.6. The summed E-state index contributed by atoms with van der Waals surface area (Å²) in [7, 11) is 0. The van der Waals surface area contributed by atoms with Gasteiger partial charge in [0.25, 0.3) is 0 Å². The van der Waals surface area contributed by atoms with Crippen LogP contribution in [0.15, 0.2) is 0 Å². The van der Waals surface area contributed by atoms with Crippen molar-refractivity contribution in [1.82, 2.24) is 20.4 Å². The van der Waals surface area contributed by atoms with E-state index in [0.29, 0.717) is 12.5 Å². The zero-order valence-electron chi connectivity index (χ0n) is 15.6. The van der Waals surface area contributed by atoms with Crippen molar-refractivity contribution in [3.05, 3.63) is 0 Å². The predicted molar refractivity (Wildman–Crippen MR) is 108 cm³/mol. The van der Waals surface area contributed by atoms with Crippen LogP contribution in [0.5, 0.6) is 0 Å². The summed E-state index contributed by atoms with van der Waals surface area (Å²) in [5, 5.41) is 6.47. The van der Waals surface area contributed by atoms with Gasteiger partial charge in [-0.1, -0.05) is 19.3 Å². The number of carbonyl (C=O) groups is 2. The van der Waals surface area contributed by atoms with E-state index >= 15 is 0 Å². The number of nitrogens with zero attached hydrogens (tertiary/aromatic N) is 2.